The molecular weight excluding hydrogens is 343 g/mol. The topological polar surface area (TPSA) is 55.8 Å². The monoisotopic (exact) mass is 370 g/mol. The highest BCUT2D eigenvalue weighted by molar-refractivity contribution is 5.79. The van der Waals surface area contributed by atoms with Gasteiger partial charge in [0.1, 0.15) is 5.82 Å². The number of halogens is 1. The molecule has 1 saturated heterocycles. The van der Waals surface area contributed by atoms with E-state index in [-0.39, 0.29) is 5.82 Å². The van der Waals surface area contributed by atoms with Crippen molar-refractivity contribution in [1.82, 2.24) is 20.5 Å². The minimum absolute atomic E-state index is 0.187. The van der Waals surface area contributed by atoms with Crippen LogP contribution in [0.15, 0.2) is 53.7 Å². The molecule has 1 fully saturated rings. The van der Waals surface area contributed by atoms with E-state index in [1.807, 2.05) is 30.3 Å². The molecule has 1 aromatic carbocycles. The molecule has 1 aromatic heterocycles. The van der Waals surface area contributed by atoms with E-state index in [1.54, 1.807) is 13.2 Å². The van der Waals surface area contributed by atoms with Crippen molar-refractivity contribution in [3.63, 3.8) is 0 Å². The highest BCUT2D eigenvalue weighted by Crippen LogP contribution is 2.16. The summed E-state index contributed by atoms with van der Waals surface area (Å²) >= 11 is 0. The maximum atomic E-state index is 13.0. The molecule has 0 aliphatic carbocycles. The Hall–Kier alpha value is -2.67. The van der Waals surface area contributed by atoms with Crippen LogP contribution in [0, 0.1) is 5.82 Å². The molecule has 0 bridgehead atoms. The summed E-state index contributed by atoms with van der Waals surface area (Å²) in [5.41, 5.74) is 2.07. The van der Waals surface area contributed by atoms with Crippen LogP contribution in [0.1, 0.15) is 5.69 Å². The molecule has 3 rings (SSSR count). The summed E-state index contributed by atoms with van der Waals surface area (Å²) < 4.78 is 13.0. The second-order valence-electron chi connectivity index (χ2n) is 6.48. The molecule has 0 unspecified atom stereocenters. The van der Waals surface area contributed by atoms with Gasteiger partial charge in [0, 0.05) is 58.2 Å². The van der Waals surface area contributed by atoms with Crippen molar-refractivity contribution in [3.05, 3.63) is 60.2 Å². The lowest BCUT2D eigenvalue weighted by Gasteiger charge is -2.36. The van der Waals surface area contributed by atoms with Crippen LogP contribution in [-0.4, -0.2) is 62.2 Å². The maximum Gasteiger partial charge on any atom is 0.191 e. The number of piperazine rings is 1. The van der Waals surface area contributed by atoms with Gasteiger partial charge in [0.2, 0.25) is 0 Å². The van der Waals surface area contributed by atoms with Gasteiger partial charge < -0.3 is 15.5 Å². The third-order valence-electron chi connectivity index (χ3n) is 4.67. The van der Waals surface area contributed by atoms with Crippen LogP contribution >= 0.6 is 0 Å². The van der Waals surface area contributed by atoms with Crippen molar-refractivity contribution in [2.75, 3.05) is 51.2 Å². The van der Waals surface area contributed by atoms with E-state index < -0.39 is 0 Å². The number of nitrogens with zero attached hydrogens (tertiary/aromatic N) is 4. The van der Waals surface area contributed by atoms with Crippen molar-refractivity contribution in [2.45, 2.75) is 6.54 Å². The molecule has 7 heteroatoms. The summed E-state index contributed by atoms with van der Waals surface area (Å²) in [6.07, 6.45) is 1.79. The Kier molecular flexibility index (Phi) is 6.98. The summed E-state index contributed by atoms with van der Waals surface area (Å²) in [5, 5.41) is 6.63. The number of benzene rings is 1. The second kappa shape index (κ2) is 9.87. The Balaban J connectivity index is 1.35. The number of guanidine groups is 1. The summed E-state index contributed by atoms with van der Waals surface area (Å²) in [5.74, 6) is 0.596. The van der Waals surface area contributed by atoms with Gasteiger partial charge in [-0.2, -0.15) is 0 Å². The summed E-state index contributed by atoms with van der Waals surface area (Å²) in [4.78, 5) is 13.3. The van der Waals surface area contributed by atoms with Gasteiger partial charge in [-0.3, -0.25) is 14.9 Å². The highest BCUT2D eigenvalue weighted by atomic mass is 19.1. The van der Waals surface area contributed by atoms with Crippen LogP contribution in [-0.2, 0) is 6.54 Å². The zero-order chi connectivity index (χ0) is 18.9. The SMILES string of the molecule is CN=C(NCCN1CCN(c2ccc(F)cc2)CC1)NCc1ccccn1. The number of anilines is 1. The van der Waals surface area contributed by atoms with Crippen molar-refractivity contribution in [1.29, 1.82) is 0 Å². The first kappa shape index (κ1) is 19.1. The van der Waals surface area contributed by atoms with E-state index in [1.165, 1.54) is 12.1 Å². The number of hydrogen-bond donors (Lipinski definition) is 2. The number of rotatable bonds is 6. The average molecular weight is 370 g/mol. The molecule has 1 aliphatic heterocycles. The first-order chi connectivity index (χ1) is 13.2. The van der Waals surface area contributed by atoms with Gasteiger partial charge in [-0.15, -0.1) is 0 Å². The number of aromatic nitrogens is 1. The van der Waals surface area contributed by atoms with Gasteiger partial charge in [0.25, 0.3) is 0 Å². The first-order valence-corrected chi connectivity index (χ1v) is 9.32. The minimum atomic E-state index is -0.187. The smallest absolute Gasteiger partial charge is 0.191 e. The van der Waals surface area contributed by atoms with Crippen molar-refractivity contribution < 1.29 is 4.39 Å². The van der Waals surface area contributed by atoms with E-state index in [9.17, 15) is 4.39 Å². The van der Waals surface area contributed by atoms with Crippen LogP contribution in [0.3, 0.4) is 0 Å². The van der Waals surface area contributed by atoms with E-state index in [2.05, 4.69) is 30.4 Å². The normalized spacial score (nSPS) is 15.6. The van der Waals surface area contributed by atoms with Crippen LogP contribution in [0.25, 0.3) is 0 Å². The van der Waals surface area contributed by atoms with Crippen LogP contribution in [0.4, 0.5) is 10.1 Å². The van der Waals surface area contributed by atoms with Crippen LogP contribution in [0.2, 0.25) is 0 Å². The Bertz CT molecular complexity index is 711. The number of hydrogen-bond acceptors (Lipinski definition) is 4. The summed E-state index contributed by atoms with van der Waals surface area (Å²) in [6.45, 7) is 6.35. The molecule has 0 saturated carbocycles. The fourth-order valence-electron chi connectivity index (χ4n) is 3.11. The van der Waals surface area contributed by atoms with Crippen molar-refractivity contribution in [3.8, 4) is 0 Å². The maximum absolute atomic E-state index is 13.0. The predicted octanol–water partition coefficient (Wildman–Crippen LogP) is 1.71. The van der Waals surface area contributed by atoms with E-state index in [0.717, 1.165) is 56.6 Å². The van der Waals surface area contributed by atoms with Crippen molar-refractivity contribution >= 4 is 11.6 Å². The second-order valence-corrected chi connectivity index (χ2v) is 6.48. The molecule has 144 valence electrons. The standard InChI is InChI=1S/C20H27FN6/c1-22-20(25-16-18-4-2-3-9-23-18)24-10-11-26-12-14-27(15-13-26)19-7-5-17(21)6-8-19/h2-9H,10-16H2,1H3,(H2,22,24,25). The summed E-state index contributed by atoms with van der Waals surface area (Å²) in [7, 11) is 1.77. The van der Waals surface area contributed by atoms with E-state index in [0.29, 0.717) is 6.54 Å². The van der Waals surface area contributed by atoms with Crippen molar-refractivity contribution in [2.24, 2.45) is 4.99 Å². The average Bonchev–Trinajstić information content (AvgIpc) is 2.72. The fraction of sp³-hybridized carbons (Fsp3) is 0.400. The lowest BCUT2D eigenvalue weighted by atomic mass is 10.2. The molecule has 0 amide bonds. The van der Waals surface area contributed by atoms with Gasteiger partial charge in [-0.1, -0.05) is 6.07 Å². The Morgan fingerprint density at radius 2 is 1.85 bits per heavy atom. The zero-order valence-corrected chi connectivity index (χ0v) is 15.7. The number of nitrogens with one attached hydrogen (secondary N) is 2. The molecule has 0 spiro atoms. The van der Waals surface area contributed by atoms with E-state index >= 15 is 0 Å². The van der Waals surface area contributed by atoms with Crippen LogP contribution < -0.4 is 15.5 Å². The Morgan fingerprint density at radius 1 is 1.07 bits per heavy atom. The molecule has 2 N–H and O–H groups in total. The molecule has 27 heavy (non-hydrogen) atoms. The summed E-state index contributed by atoms with van der Waals surface area (Å²) in [6, 6.07) is 12.6. The molecule has 2 aromatic rings. The molecule has 0 atom stereocenters. The minimum Gasteiger partial charge on any atom is -0.369 e. The lowest BCUT2D eigenvalue weighted by molar-refractivity contribution is 0.261. The quantitative estimate of drug-likeness (QED) is 0.599. The lowest BCUT2D eigenvalue weighted by Crippen LogP contribution is -2.49. The third kappa shape index (κ3) is 5.92. The molecule has 6 nitrogen and oxygen atoms in total. The first-order valence-electron chi connectivity index (χ1n) is 9.32. The largest absolute Gasteiger partial charge is 0.369 e. The molecular formula is C20H27FN6. The fourth-order valence-corrected chi connectivity index (χ4v) is 3.11. The molecule has 1 aliphatic rings. The Morgan fingerprint density at radius 3 is 2.52 bits per heavy atom. The highest BCUT2D eigenvalue weighted by Gasteiger charge is 2.16. The Labute approximate surface area is 160 Å². The van der Waals surface area contributed by atoms with E-state index in [4.69, 9.17) is 0 Å². The van der Waals surface area contributed by atoms with Gasteiger partial charge in [-0.25, -0.2) is 4.39 Å². The zero-order valence-electron chi connectivity index (χ0n) is 15.7. The van der Waals surface area contributed by atoms with Gasteiger partial charge >= 0.3 is 0 Å². The third-order valence-corrected chi connectivity index (χ3v) is 4.67. The van der Waals surface area contributed by atoms with Gasteiger partial charge in [0.05, 0.1) is 12.2 Å². The van der Waals surface area contributed by atoms with Gasteiger partial charge in [-0.05, 0) is 36.4 Å². The predicted molar refractivity (Wildman–Crippen MR) is 107 cm³/mol. The number of aliphatic imine (C=N–C) groups is 1. The van der Waals surface area contributed by atoms with Gasteiger partial charge in [0.15, 0.2) is 5.96 Å². The number of pyridine rings is 1. The molecule has 2 heterocycles. The van der Waals surface area contributed by atoms with Crippen LogP contribution in [0.5, 0.6) is 0 Å². The molecule has 0 radical (unpaired) electrons.